The van der Waals surface area contributed by atoms with Crippen LogP contribution in [0.15, 0.2) is 85.8 Å². The molecule has 3 aromatic heterocycles. The van der Waals surface area contributed by atoms with Crippen molar-refractivity contribution in [2.24, 2.45) is 0 Å². The lowest BCUT2D eigenvalue weighted by molar-refractivity contribution is 0.804. The van der Waals surface area contributed by atoms with Gasteiger partial charge in [-0.1, -0.05) is 36.4 Å². The minimum Gasteiger partial charge on any atom is -0.351 e. The van der Waals surface area contributed by atoms with Gasteiger partial charge in [-0.05, 0) is 17.7 Å². The van der Waals surface area contributed by atoms with Gasteiger partial charge < -0.3 is 9.55 Å². The van der Waals surface area contributed by atoms with E-state index in [9.17, 15) is 0 Å². The third-order valence-electron chi connectivity index (χ3n) is 3.21. The molecule has 1 N–H and O–H groups in total. The molecule has 0 saturated carbocycles. The fraction of sp³-hybridized carbons (Fsp3) is 0.0556. The molecule has 0 saturated heterocycles. The molecule has 4 rings (SSSR count). The van der Waals surface area contributed by atoms with E-state index in [-0.39, 0.29) is 0 Å². The highest BCUT2D eigenvalue weighted by atomic mass is 15.1. The van der Waals surface area contributed by atoms with Crippen molar-refractivity contribution >= 4 is 0 Å². The maximum atomic E-state index is 4.38. The molecule has 0 atom stereocenters. The summed E-state index contributed by atoms with van der Waals surface area (Å²) in [5.41, 5.74) is 2.16. The van der Waals surface area contributed by atoms with Gasteiger partial charge in [-0.25, -0.2) is 9.97 Å². The number of nitrogens with zero attached hydrogens (tertiary/aromatic N) is 4. The highest BCUT2D eigenvalue weighted by Crippen LogP contribution is 2.15. The predicted octanol–water partition coefficient (Wildman–Crippen LogP) is 3.40. The first-order valence-electron chi connectivity index (χ1n) is 7.32. The van der Waals surface area contributed by atoms with Gasteiger partial charge in [-0.15, -0.1) is 0 Å². The Morgan fingerprint density at radius 1 is 0.870 bits per heavy atom. The molecule has 5 heteroatoms. The molecular weight excluding hydrogens is 286 g/mol. The number of H-pyrrole nitrogens is 1. The van der Waals surface area contributed by atoms with Crippen LogP contribution in [0.25, 0.3) is 11.5 Å². The van der Waals surface area contributed by atoms with Crippen molar-refractivity contribution in [3.05, 3.63) is 91.4 Å². The Balaban J connectivity index is 0.000000267. The van der Waals surface area contributed by atoms with Gasteiger partial charge in [0.1, 0.15) is 5.69 Å². The van der Waals surface area contributed by atoms with Crippen LogP contribution in [0.3, 0.4) is 0 Å². The van der Waals surface area contributed by atoms with E-state index in [4.69, 9.17) is 0 Å². The molecule has 0 unspecified atom stereocenters. The van der Waals surface area contributed by atoms with Crippen LogP contribution in [-0.2, 0) is 6.54 Å². The summed E-state index contributed by atoms with van der Waals surface area (Å²) in [5, 5.41) is 0. The smallest absolute Gasteiger partial charge is 0.158 e. The van der Waals surface area contributed by atoms with Crippen LogP contribution in [0.1, 0.15) is 5.56 Å². The lowest BCUT2D eigenvalue weighted by Gasteiger charge is -2.07. The van der Waals surface area contributed by atoms with Gasteiger partial charge in [0.15, 0.2) is 5.82 Å². The van der Waals surface area contributed by atoms with Crippen molar-refractivity contribution < 1.29 is 0 Å². The van der Waals surface area contributed by atoms with Gasteiger partial charge in [-0.3, -0.25) is 4.98 Å². The van der Waals surface area contributed by atoms with Gasteiger partial charge in [0.05, 0.1) is 6.33 Å². The van der Waals surface area contributed by atoms with Crippen LogP contribution in [0, 0.1) is 0 Å². The molecule has 5 nitrogen and oxygen atoms in total. The highest BCUT2D eigenvalue weighted by molar-refractivity contribution is 5.49. The number of hydrogen-bond acceptors (Lipinski definition) is 3. The van der Waals surface area contributed by atoms with Crippen LogP contribution in [0.4, 0.5) is 0 Å². The minimum absolute atomic E-state index is 0.812. The molecule has 0 spiro atoms. The van der Waals surface area contributed by atoms with Crippen LogP contribution < -0.4 is 0 Å². The zero-order chi connectivity index (χ0) is 15.7. The summed E-state index contributed by atoms with van der Waals surface area (Å²) in [6.45, 7) is 0.812. The molecule has 1 aromatic carbocycles. The lowest BCUT2D eigenvalue weighted by Crippen LogP contribution is -2.01. The molecule has 3 heterocycles. The molecule has 23 heavy (non-hydrogen) atoms. The fourth-order valence-corrected chi connectivity index (χ4v) is 2.16. The molecule has 0 aliphatic rings. The summed E-state index contributed by atoms with van der Waals surface area (Å²) < 4.78 is 2.11. The second-order valence-corrected chi connectivity index (χ2v) is 4.84. The van der Waals surface area contributed by atoms with Crippen molar-refractivity contribution in [1.29, 1.82) is 0 Å². The first kappa shape index (κ1) is 14.7. The molecule has 0 radical (unpaired) electrons. The molecular formula is C18H17N5. The van der Waals surface area contributed by atoms with Gasteiger partial charge in [0, 0.05) is 37.5 Å². The average Bonchev–Trinajstić information content (AvgIpc) is 3.32. The Labute approximate surface area is 134 Å². The number of imidazole rings is 2. The topological polar surface area (TPSA) is 59.4 Å². The van der Waals surface area contributed by atoms with E-state index in [1.807, 2.05) is 48.8 Å². The van der Waals surface area contributed by atoms with E-state index in [1.165, 1.54) is 5.56 Å². The van der Waals surface area contributed by atoms with Crippen molar-refractivity contribution in [2.75, 3.05) is 0 Å². The third-order valence-corrected chi connectivity index (χ3v) is 3.21. The average molecular weight is 303 g/mol. The van der Waals surface area contributed by atoms with Gasteiger partial charge in [0.25, 0.3) is 0 Å². The summed E-state index contributed by atoms with van der Waals surface area (Å²) in [4.78, 5) is 15.1. The van der Waals surface area contributed by atoms with Gasteiger partial charge in [-0.2, -0.15) is 0 Å². The number of rotatable bonds is 3. The van der Waals surface area contributed by atoms with Crippen LogP contribution in [0.5, 0.6) is 0 Å². The molecule has 0 amide bonds. The van der Waals surface area contributed by atoms with E-state index in [2.05, 4.69) is 36.6 Å². The second kappa shape index (κ2) is 7.70. The van der Waals surface area contributed by atoms with Gasteiger partial charge >= 0.3 is 0 Å². The molecule has 0 bridgehead atoms. The van der Waals surface area contributed by atoms with E-state index in [0.29, 0.717) is 0 Å². The lowest BCUT2D eigenvalue weighted by atomic mass is 10.2. The first-order valence-corrected chi connectivity index (χ1v) is 7.32. The van der Waals surface area contributed by atoms with E-state index in [1.54, 1.807) is 24.9 Å². The van der Waals surface area contributed by atoms with Crippen LogP contribution in [-0.4, -0.2) is 24.5 Å². The molecule has 114 valence electrons. The Kier molecular flexibility index (Phi) is 4.93. The molecule has 0 aliphatic carbocycles. The SMILES string of the molecule is c1c[nH]cn1.c1ccc(Cn2ccnc2-c2ccccn2)cc1. The number of benzene rings is 1. The maximum Gasteiger partial charge on any atom is 0.158 e. The summed E-state index contributed by atoms with van der Waals surface area (Å²) in [7, 11) is 0. The number of hydrogen-bond donors (Lipinski definition) is 1. The zero-order valence-electron chi connectivity index (χ0n) is 12.6. The zero-order valence-corrected chi connectivity index (χ0v) is 12.6. The van der Waals surface area contributed by atoms with Crippen molar-refractivity contribution in [3.63, 3.8) is 0 Å². The predicted molar refractivity (Wildman–Crippen MR) is 89.6 cm³/mol. The normalized spacial score (nSPS) is 9.91. The summed E-state index contributed by atoms with van der Waals surface area (Å²) in [5.74, 6) is 0.902. The third kappa shape index (κ3) is 4.14. The second-order valence-electron chi connectivity index (χ2n) is 4.84. The Morgan fingerprint density at radius 2 is 1.74 bits per heavy atom. The number of aromatic nitrogens is 5. The first-order chi connectivity index (χ1) is 11.4. The van der Waals surface area contributed by atoms with Crippen molar-refractivity contribution in [3.8, 4) is 11.5 Å². The van der Waals surface area contributed by atoms with E-state index >= 15 is 0 Å². The summed E-state index contributed by atoms with van der Waals surface area (Å²) in [6.07, 6.45) is 10.7. The Morgan fingerprint density at radius 3 is 2.39 bits per heavy atom. The van der Waals surface area contributed by atoms with Crippen molar-refractivity contribution in [2.45, 2.75) is 6.54 Å². The highest BCUT2D eigenvalue weighted by Gasteiger charge is 2.06. The van der Waals surface area contributed by atoms with E-state index in [0.717, 1.165) is 18.1 Å². The van der Waals surface area contributed by atoms with Crippen molar-refractivity contribution in [1.82, 2.24) is 24.5 Å². The van der Waals surface area contributed by atoms with Crippen LogP contribution in [0.2, 0.25) is 0 Å². The number of aromatic amines is 1. The molecule has 4 aromatic rings. The van der Waals surface area contributed by atoms with Crippen LogP contribution >= 0.6 is 0 Å². The minimum atomic E-state index is 0.812. The molecule has 0 fully saturated rings. The maximum absolute atomic E-state index is 4.38. The molecule has 0 aliphatic heterocycles. The fourth-order valence-electron chi connectivity index (χ4n) is 2.16. The standard InChI is InChI=1S/C15H13N3.C3H4N2/c1-2-6-13(7-3-1)12-18-11-10-17-15(18)14-8-4-5-9-16-14;1-2-5-3-4-1/h1-11H,12H2;1-3H,(H,4,5). The quantitative estimate of drug-likeness (QED) is 0.631. The summed E-state index contributed by atoms with van der Waals surface area (Å²) in [6, 6.07) is 16.2. The summed E-state index contributed by atoms with van der Waals surface area (Å²) >= 11 is 0. The van der Waals surface area contributed by atoms with E-state index < -0.39 is 0 Å². The number of pyridine rings is 1. The number of nitrogens with one attached hydrogen (secondary N) is 1. The van der Waals surface area contributed by atoms with Gasteiger partial charge in [0.2, 0.25) is 0 Å². The largest absolute Gasteiger partial charge is 0.351 e. The Bertz CT molecular complexity index is 775. The monoisotopic (exact) mass is 303 g/mol. The Hall–Kier alpha value is -3.21.